The van der Waals surface area contributed by atoms with Crippen LogP contribution in [0.4, 0.5) is 9.59 Å². The highest BCUT2D eigenvalue weighted by molar-refractivity contribution is 6.16. The predicted octanol–water partition coefficient (Wildman–Crippen LogP) is 11.0. The Kier molecular flexibility index (Phi) is 11.7. The average molecular weight is 919 g/mol. The number of aromatic nitrogens is 8. The molecule has 2 aliphatic rings. The number of benzene rings is 2. The van der Waals surface area contributed by atoms with E-state index in [0.717, 1.165) is 53.6 Å². The summed E-state index contributed by atoms with van der Waals surface area (Å²) < 4.78 is 25.4. The Hall–Kier alpha value is -7.33. The molecule has 0 radical (unpaired) electrons. The van der Waals surface area contributed by atoms with Crippen molar-refractivity contribution in [1.82, 2.24) is 39.4 Å². The third kappa shape index (κ3) is 9.07. The number of rotatable bonds is 8. The molecule has 0 amide bonds. The fraction of sp³-hybridized carbons (Fsp3) is 0.365. The maximum absolute atomic E-state index is 13.6. The Morgan fingerprint density at radius 3 is 1.59 bits per heavy atom. The molecule has 350 valence electrons. The number of nitrogens with zero attached hydrogens (tertiary/aromatic N) is 8. The molecule has 0 bridgehead atoms. The minimum atomic E-state index is -1.03. The molecule has 0 spiro atoms. The molecule has 1 unspecified atom stereocenters. The number of aryl methyl sites for hydroxylation is 4. The number of pyridine rings is 2. The summed E-state index contributed by atoms with van der Waals surface area (Å²) in [7, 11) is 0. The van der Waals surface area contributed by atoms with Crippen LogP contribution in [0.5, 0.6) is 0 Å². The molecular formula is C52H54N8O8. The highest BCUT2D eigenvalue weighted by Crippen LogP contribution is 2.45. The first-order chi connectivity index (χ1) is 32.3. The van der Waals surface area contributed by atoms with Crippen LogP contribution in [0.1, 0.15) is 147 Å². The lowest BCUT2D eigenvalue weighted by atomic mass is 9.96. The van der Waals surface area contributed by atoms with Gasteiger partial charge in [0.2, 0.25) is 5.78 Å². The average Bonchev–Trinajstić information content (AvgIpc) is 4.19. The van der Waals surface area contributed by atoms with Crippen LogP contribution >= 0.6 is 0 Å². The van der Waals surface area contributed by atoms with Crippen molar-refractivity contribution in [2.45, 2.75) is 124 Å². The zero-order valence-corrected chi connectivity index (χ0v) is 39.9. The van der Waals surface area contributed by atoms with E-state index >= 15 is 0 Å². The number of hydrogen-bond acceptors (Lipinski definition) is 14. The van der Waals surface area contributed by atoms with E-state index in [-0.39, 0.29) is 17.6 Å². The molecule has 2 aliphatic carbocycles. The zero-order chi connectivity index (χ0) is 48.4. The van der Waals surface area contributed by atoms with Gasteiger partial charge in [0.05, 0.1) is 39.2 Å². The SMILES string of the molecule is Cc1noc(C)c1-c1cc(C(=O)c2ccccn2)c2nc(C3CC3)n(C(=O)OC(C)(C)C)c2c1.Cc1noc(C)c1-c1cc(C(O)c2ccccn2)c2nc(C3CC3)n(C(=O)OC(C)(C)C)c2c1. The monoisotopic (exact) mass is 918 g/mol. The molecule has 6 heterocycles. The van der Waals surface area contributed by atoms with Gasteiger partial charge in [-0.2, -0.15) is 0 Å². The molecule has 6 aromatic heterocycles. The topological polar surface area (TPSA) is 203 Å². The largest absolute Gasteiger partial charge is 0.443 e. The summed E-state index contributed by atoms with van der Waals surface area (Å²) in [5.74, 6) is 2.63. The van der Waals surface area contributed by atoms with E-state index < -0.39 is 29.5 Å². The van der Waals surface area contributed by atoms with Crippen molar-refractivity contribution in [2.75, 3.05) is 0 Å². The van der Waals surface area contributed by atoms with E-state index in [1.807, 2.05) is 93.5 Å². The summed E-state index contributed by atoms with van der Waals surface area (Å²) in [4.78, 5) is 58.6. The van der Waals surface area contributed by atoms with Crippen LogP contribution in [-0.2, 0) is 9.47 Å². The number of ketones is 1. The molecule has 68 heavy (non-hydrogen) atoms. The number of carbonyl (C=O) groups is 3. The van der Waals surface area contributed by atoms with Crippen LogP contribution in [0.25, 0.3) is 44.3 Å². The lowest BCUT2D eigenvalue weighted by Gasteiger charge is -2.20. The van der Waals surface area contributed by atoms with E-state index in [2.05, 4.69) is 20.3 Å². The van der Waals surface area contributed by atoms with Crippen molar-refractivity contribution in [1.29, 1.82) is 0 Å². The first kappa shape index (κ1) is 45.8. The van der Waals surface area contributed by atoms with E-state index in [4.69, 9.17) is 28.5 Å². The molecule has 1 N–H and O–H groups in total. The Morgan fingerprint density at radius 2 is 1.15 bits per heavy atom. The van der Waals surface area contributed by atoms with Crippen molar-refractivity contribution in [2.24, 2.45) is 0 Å². The Balaban J connectivity index is 0.000000170. The second-order valence-corrected chi connectivity index (χ2v) is 19.5. The van der Waals surface area contributed by atoms with Crippen LogP contribution in [0.15, 0.2) is 82.1 Å². The number of aliphatic hydroxyl groups excluding tert-OH is 1. The van der Waals surface area contributed by atoms with Crippen molar-refractivity contribution < 1.29 is 38.0 Å². The molecule has 0 aliphatic heterocycles. The van der Waals surface area contributed by atoms with E-state index in [1.54, 1.807) is 53.4 Å². The zero-order valence-electron chi connectivity index (χ0n) is 39.9. The van der Waals surface area contributed by atoms with Gasteiger partial charge in [0.1, 0.15) is 51.7 Å². The second-order valence-electron chi connectivity index (χ2n) is 19.5. The van der Waals surface area contributed by atoms with Gasteiger partial charge < -0.3 is 23.6 Å². The number of fused-ring (bicyclic) bond motifs is 2. The van der Waals surface area contributed by atoms with Gasteiger partial charge in [0.15, 0.2) is 0 Å². The normalized spacial score (nSPS) is 14.5. The van der Waals surface area contributed by atoms with Gasteiger partial charge in [0.25, 0.3) is 0 Å². The maximum Gasteiger partial charge on any atom is 0.420 e. The van der Waals surface area contributed by atoms with Crippen LogP contribution in [0, 0.1) is 27.7 Å². The third-order valence-corrected chi connectivity index (χ3v) is 11.7. The molecule has 2 aromatic carbocycles. The molecule has 10 rings (SSSR count). The van der Waals surface area contributed by atoms with E-state index in [0.29, 0.717) is 73.4 Å². The standard InChI is InChI=1S/C26H28N4O4.C26H26N4O4/c2*1-14-21(15(2)34-29-14)17-12-18(23(31)19-8-6-7-11-27-19)22-20(13-17)30(24(28-22)16-9-10-16)25(32)33-26(3,4)5/h6-8,11-13,16,23,31H,9-10H2,1-5H3;6-8,11-13,16H,9-10H2,1-5H3. The molecule has 16 heteroatoms. The fourth-order valence-corrected chi connectivity index (χ4v) is 8.44. The van der Waals surface area contributed by atoms with Gasteiger partial charge >= 0.3 is 12.2 Å². The van der Waals surface area contributed by atoms with Crippen molar-refractivity contribution in [3.05, 3.63) is 130 Å². The molecule has 1 atom stereocenters. The molecule has 2 fully saturated rings. The molecular weight excluding hydrogens is 865 g/mol. The minimum Gasteiger partial charge on any atom is -0.443 e. The first-order valence-electron chi connectivity index (χ1n) is 22.8. The Morgan fingerprint density at radius 1 is 0.662 bits per heavy atom. The van der Waals surface area contributed by atoms with Gasteiger partial charge in [-0.1, -0.05) is 22.4 Å². The smallest absolute Gasteiger partial charge is 0.420 e. The van der Waals surface area contributed by atoms with Gasteiger partial charge in [0, 0.05) is 40.9 Å². The summed E-state index contributed by atoms with van der Waals surface area (Å²) >= 11 is 0. The minimum absolute atomic E-state index is 0.153. The van der Waals surface area contributed by atoms with Gasteiger partial charge in [-0.15, -0.1) is 0 Å². The number of imidazole rings is 2. The number of ether oxygens (including phenoxy) is 2. The lowest BCUT2D eigenvalue weighted by molar-refractivity contribution is 0.0527. The quantitative estimate of drug-likeness (QED) is 0.141. The third-order valence-electron chi connectivity index (χ3n) is 11.7. The maximum atomic E-state index is 13.6. The lowest BCUT2D eigenvalue weighted by Crippen LogP contribution is -2.28. The predicted molar refractivity (Wildman–Crippen MR) is 253 cm³/mol. The molecule has 0 saturated heterocycles. The Labute approximate surface area is 392 Å². The van der Waals surface area contributed by atoms with Gasteiger partial charge in [-0.05, 0) is 155 Å². The number of aliphatic hydroxyl groups is 1. The van der Waals surface area contributed by atoms with E-state index in [9.17, 15) is 19.5 Å². The van der Waals surface area contributed by atoms with Crippen LogP contribution < -0.4 is 0 Å². The van der Waals surface area contributed by atoms with E-state index in [1.165, 1.54) is 4.57 Å². The van der Waals surface area contributed by atoms with Crippen LogP contribution in [0.2, 0.25) is 0 Å². The van der Waals surface area contributed by atoms with Crippen molar-refractivity contribution >= 4 is 40.0 Å². The van der Waals surface area contributed by atoms with Gasteiger partial charge in [-0.25, -0.2) is 28.7 Å². The molecule has 8 aromatic rings. The summed E-state index contributed by atoms with van der Waals surface area (Å²) in [6.45, 7) is 18.4. The molecule has 2 saturated carbocycles. The summed E-state index contributed by atoms with van der Waals surface area (Å²) in [5.41, 5.74) is 7.03. The van der Waals surface area contributed by atoms with Gasteiger partial charge in [-0.3, -0.25) is 14.8 Å². The Bertz CT molecular complexity index is 3190. The summed E-state index contributed by atoms with van der Waals surface area (Å²) in [5, 5.41) is 19.5. The van der Waals surface area contributed by atoms with Crippen molar-refractivity contribution in [3.8, 4) is 22.3 Å². The number of carbonyl (C=O) groups excluding carboxylic acids is 3. The highest BCUT2D eigenvalue weighted by atomic mass is 16.6. The van der Waals surface area contributed by atoms with Crippen LogP contribution in [0.3, 0.4) is 0 Å². The highest BCUT2D eigenvalue weighted by Gasteiger charge is 2.37. The molecule has 16 nitrogen and oxygen atoms in total. The summed E-state index contributed by atoms with van der Waals surface area (Å²) in [6, 6.07) is 18.0. The number of hydrogen-bond donors (Lipinski definition) is 1. The van der Waals surface area contributed by atoms with Crippen molar-refractivity contribution in [3.63, 3.8) is 0 Å². The fourth-order valence-electron chi connectivity index (χ4n) is 8.44. The summed E-state index contributed by atoms with van der Waals surface area (Å²) in [6.07, 6.45) is 4.99. The second kappa shape index (κ2) is 17.4. The van der Waals surface area contributed by atoms with Crippen LogP contribution in [-0.4, -0.2) is 73.7 Å². The first-order valence-corrected chi connectivity index (χ1v) is 22.8.